The molecule has 0 atom stereocenters. The standard InChI is InChI=1S/C12H14N2OS/c1-2-12-14-8-11(16-12)7-13-9-4-3-5-10(15)6-9/h3-6,8,13,15H,2,7H2,1H3. The topological polar surface area (TPSA) is 45.2 Å². The predicted octanol–water partition coefficient (Wildman–Crippen LogP) is 3.02. The molecule has 2 N–H and O–H groups in total. The lowest BCUT2D eigenvalue weighted by atomic mass is 10.3. The van der Waals surface area contributed by atoms with Crippen LogP contribution in [0.5, 0.6) is 5.75 Å². The lowest BCUT2D eigenvalue weighted by Gasteiger charge is -2.04. The van der Waals surface area contributed by atoms with Crippen molar-refractivity contribution in [3.8, 4) is 5.75 Å². The summed E-state index contributed by atoms with van der Waals surface area (Å²) in [5.41, 5.74) is 0.923. The second-order valence-corrected chi connectivity index (χ2v) is 4.68. The van der Waals surface area contributed by atoms with Gasteiger partial charge < -0.3 is 10.4 Å². The first-order chi connectivity index (χ1) is 7.78. The van der Waals surface area contributed by atoms with Gasteiger partial charge in [-0.1, -0.05) is 13.0 Å². The van der Waals surface area contributed by atoms with Crippen LogP contribution in [0.3, 0.4) is 0 Å². The summed E-state index contributed by atoms with van der Waals surface area (Å²) in [5.74, 6) is 0.281. The Hall–Kier alpha value is -1.55. The lowest BCUT2D eigenvalue weighted by Crippen LogP contribution is -1.96. The van der Waals surface area contributed by atoms with Gasteiger partial charge in [0.25, 0.3) is 0 Å². The Kier molecular flexibility index (Phi) is 3.41. The number of nitrogens with zero attached hydrogens (tertiary/aromatic N) is 1. The summed E-state index contributed by atoms with van der Waals surface area (Å²) < 4.78 is 0. The number of nitrogens with one attached hydrogen (secondary N) is 1. The maximum Gasteiger partial charge on any atom is 0.117 e. The van der Waals surface area contributed by atoms with Crippen LogP contribution in [0.4, 0.5) is 5.69 Å². The van der Waals surface area contributed by atoms with E-state index in [0.29, 0.717) is 0 Å². The largest absolute Gasteiger partial charge is 0.508 e. The average Bonchev–Trinajstić information content (AvgIpc) is 2.74. The first kappa shape index (κ1) is 11.0. The fourth-order valence-electron chi connectivity index (χ4n) is 1.40. The van der Waals surface area contributed by atoms with E-state index in [1.54, 1.807) is 23.5 Å². The van der Waals surface area contributed by atoms with Gasteiger partial charge in [0.15, 0.2) is 0 Å². The maximum atomic E-state index is 9.30. The monoisotopic (exact) mass is 234 g/mol. The van der Waals surface area contributed by atoms with Gasteiger partial charge in [0.2, 0.25) is 0 Å². The van der Waals surface area contributed by atoms with E-state index in [1.165, 1.54) is 4.88 Å². The lowest BCUT2D eigenvalue weighted by molar-refractivity contribution is 0.475. The number of phenolic OH excluding ortho intramolecular Hbond substituents is 1. The van der Waals surface area contributed by atoms with E-state index in [9.17, 15) is 5.11 Å². The number of anilines is 1. The highest BCUT2D eigenvalue weighted by Crippen LogP contribution is 2.18. The number of hydrogen-bond donors (Lipinski definition) is 2. The van der Waals surface area contributed by atoms with E-state index in [1.807, 2.05) is 18.3 Å². The summed E-state index contributed by atoms with van der Waals surface area (Å²) in [4.78, 5) is 5.50. The Morgan fingerprint density at radius 1 is 1.44 bits per heavy atom. The van der Waals surface area contributed by atoms with Gasteiger partial charge >= 0.3 is 0 Å². The summed E-state index contributed by atoms with van der Waals surface area (Å²) in [5, 5.41) is 13.7. The molecule has 3 nitrogen and oxygen atoms in total. The molecule has 0 aliphatic rings. The summed E-state index contributed by atoms with van der Waals surface area (Å²) in [6.07, 6.45) is 2.89. The molecule has 0 aliphatic heterocycles. The van der Waals surface area contributed by atoms with Crippen LogP contribution in [-0.2, 0) is 13.0 Å². The van der Waals surface area contributed by atoms with Crippen molar-refractivity contribution in [2.45, 2.75) is 19.9 Å². The summed E-state index contributed by atoms with van der Waals surface area (Å²) in [7, 11) is 0. The first-order valence-corrected chi connectivity index (χ1v) is 6.06. The number of aromatic nitrogens is 1. The molecule has 4 heteroatoms. The Balaban J connectivity index is 1.96. The van der Waals surface area contributed by atoms with Crippen LogP contribution in [0, 0.1) is 0 Å². The van der Waals surface area contributed by atoms with E-state index in [-0.39, 0.29) is 5.75 Å². The minimum absolute atomic E-state index is 0.281. The number of phenols is 1. The highest BCUT2D eigenvalue weighted by atomic mass is 32.1. The molecule has 1 aromatic heterocycles. The molecule has 0 amide bonds. The van der Waals surface area contributed by atoms with Crippen LogP contribution in [0.1, 0.15) is 16.8 Å². The zero-order valence-corrected chi connectivity index (χ0v) is 9.92. The van der Waals surface area contributed by atoms with Gasteiger partial charge in [0.05, 0.1) is 11.6 Å². The number of aromatic hydroxyl groups is 1. The number of hydrogen-bond acceptors (Lipinski definition) is 4. The Morgan fingerprint density at radius 3 is 3.00 bits per heavy atom. The fraction of sp³-hybridized carbons (Fsp3) is 0.250. The minimum Gasteiger partial charge on any atom is -0.508 e. The van der Waals surface area contributed by atoms with Crippen LogP contribution >= 0.6 is 11.3 Å². The van der Waals surface area contributed by atoms with E-state index in [0.717, 1.165) is 23.7 Å². The van der Waals surface area contributed by atoms with Crippen LogP contribution in [0.15, 0.2) is 30.5 Å². The third kappa shape index (κ3) is 2.73. The summed E-state index contributed by atoms with van der Waals surface area (Å²) in [6, 6.07) is 7.12. The minimum atomic E-state index is 0.281. The van der Waals surface area contributed by atoms with E-state index >= 15 is 0 Å². The van der Waals surface area contributed by atoms with Crippen molar-refractivity contribution in [1.29, 1.82) is 0 Å². The Bertz CT molecular complexity index is 468. The molecule has 2 rings (SSSR count). The van der Waals surface area contributed by atoms with Gasteiger partial charge in [-0.25, -0.2) is 4.98 Å². The van der Waals surface area contributed by atoms with Gasteiger partial charge in [-0.15, -0.1) is 11.3 Å². The predicted molar refractivity (Wildman–Crippen MR) is 66.9 cm³/mol. The molecule has 0 fully saturated rings. The normalized spacial score (nSPS) is 10.3. The molecule has 0 saturated carbocycles. The van der Waals surface area contributed by atoms with Gasteiger partial charge in [0, 0.05) is 22.8 Å². The highest BCUT2D eigenvalue weighted by molar-refractivity contribution is 7.11. The quantitative estimate of drug-likeness (QED) is 0.854. The molecule has 0 radical (unpaired) electrons. The number of aryl methyl sites for hydroxylation is 1. The van der Waals surface area contributed by atoms with Crippen LogP contribution in [0.2, 0.25) is 0 Å². The highest BCUT2D eigenvalue weighted by Gasteiger charge is 2.00. The molecule has 0 unspecified atom stereocenters. The van der Waals surface area contributed by atoms with Crippen molar-refractivity contribution in [1.82, 2.24) is 4.98 Å². The summed E-state index contributed by atoms with van der Waals surface area (Å²) >= 11 is 1.72. The van der Waals surface area contributed by atoms with Gasteiger partial charge in [-0.2, -0.15) is 0 Å². The molecule has 0 spiro atoms. The van der Waals surface area contributed by atoms with E-state index in [2.05, 4.69) is 17.2 Å². The van der Waals surface area contributed by atoms with Crippen molar-refractivity contribution in [3.05, 3.63) is 40.3 Å². The molecule has 1 aromatic carbocycles. The van der Waals surface area contributed by atoms with Crippen molar-refractivity contribution < 1.29 is 5.11 Å². The molecule has 0 bridgehead atoms. The maximum absolute atomic E-state index is 9.30. The SMILES string of the molecule is CCc1ncc(CNc2cccc(O)c2)s1. The Labute approximate surface area is 98.8 Å². The third-order valence-corrected chi connectivity index (χ3v) is 3.36. The Morgan fingerprint density at radius 2 is 2.31 bits per heavy atom. The number of benzene rings is 1. The van der Waals surface area contributed by atoms with Gasteiger partial charge in [-0.05, 0) is 18.6 Å². The third-order valence-electron chi connectivity index (χ3n) is 2.22. The van der Waals surface area contributed by atoms with Crippen LogP contribution in [-0.4, -0.2) is 10.1 Å². The van der Waals surface area contributed by atoms with Gasteiger partial charge in [-0.3, -0.25) is 0 Å². The average molecular weight is 234 g/mol. The van der Waals surface area contributed by atoms with Crippen LogP contribution in [0.25, 0.3) is 0 Å². The van der Waals surface area contributed by atoms with Crippen molar-refractivity contribution in [2.75, 3.05) is 5.32 Å². The summed E-state index contributed by atoms with van der Waals surface area (Å²) in [6.45, 7) is 2.85. The van der Waals surface area contributed by atoms with Crippen molar-refractivity contribution in [2.24, 2.45) is 0 Å². The van der Waals surface area contributed by atoms with Crippen LogP contribution < -0.4 is 5.32 Å². The molecular weight excluding hydrogens is 220 g/mol. The zero-order chi connectivity index (χ0) is 11.4. The molecule has 0 saturated heterocycles. The molecule has 16 heavy (non-hydrogen) atoms. The number of rotatable bonds is 4. The molecule has 0 aliphatic carbocycles. The second-order valence-electron chi connectivity index (χ2n) is 3.48. The van der Waals surface area contributed by atoms with Gasteiger partial charge in [0.1, 0.15) is 5.75 Å². The van der Waals surface area contributed by atoms with Crippen molar-refractivity contribution in [3.63, 3.8) is 0 Å². The smallest absolute Gasteiger partial charge is 0.117 e. The second kappa shape index (κ2) is 4.99. The number of thiazole rings is 1. The van der Waals surface area contributed by atoms with Crippen molar-refractivity contribution >= 4 is 17.0 Å². The van der Waals surface area contributed by atoms with E-state index in [4.69, 9.17) is 0 Å². The molecule has 2 aromatic rings. The molecule has 1 heterocycles. The first-order valence-electron chi connectivity index (χ1n) is 5.24. The molecular formula is C12H14N2OS. The zero-order valence-electron chi connectivity index (χ0n) is 9.10. The molecule has 84 valence electrons. The fourth-order valence-corrected chi connectivity index (χ4v) is 2.20. The van der Waals surface area contributed by atoms with E-state index < -0.39 is 0 Å².